The minimum atomic E-state index is -5.12. The van der Waals surface area contributed by atoms with Crippen LogP contribution in [-0.2, 0) is 9.59 Å². The van der Waals surface area contributed by atoms with E-state index in [9.17, 15) is 27.6 Å². The second-order valence-electron chi connectivity index (χ2n) is 8.96. The smallest absolute Gasteiger partial charge is 0.426 e. The van der Waals surface area contributed by atoms with Crippen LogP contribution in [-0.4, -0.2) is 79.2 Å². The number of amides is 2. The van der Waals surface area contributed by atoms with Crippen molar-refractivity contribution in [3.05, 3.63) is 66.4 Å². The van der Waals surface area contributed by atoms with Crippen LogP contribution in [0.25, 0.3) is 11.1 Å². The Morgan fingerprint density at radius 1 is 0.975 bits per heavy atom. The van der Waals surface area contributed by atoms with E-state index in [4.69, 9.17) is 4.74 Å². The van der Waals surface area contributed by atoms with Crippen LogP contribution in [0.5, 0.6) is 11.5 Å². The molecule has 0 radical (unpaired) electrons. The van der Waals surface area contributed by atoms with E-state index < -0.39 is 35.4 Å². The van der Waals surface area contributed by atoms with Gasteiger partial charge in [0.15, 0.2) is 11.5 Å². The van der Waals surface area contributed by atoms with Gasteiger partial charge >= 0.3 is 6.36 Å². The van der Waals surface area contributed by atoms with E-state index in [1.54, 1.807) is 12.1 Å². The second-order valence-corrected chi connectivity index (χ2v) is 8.96. The van der Waals surface area contributed by atoms with E-state index in [2.05, 4.69) is 25.3 Å². The van der Waals surface area contributed by atoms with E-state index in [0.29, 0.717) is 26.2 Å². The summed E-state index contributed by atoms with van der Waals surface area (Å²) in [5, 5.41) is 4.85. The summed E-state index contributed by atoms with van der Waals surface area (Å²) in [5.41, 5.74) is 0.767. The molecule has 1 aliphatic heterocycles. The number of likely N-dealkylation sites (N-methyl/N-ethyl adjacent to an activating group) is 1. The van der Waals surface area contributed by atoms with Crippen molar-refractivity contribution >= 4 is 29.8 Å². The van der Waals surface area contributed by atoms with Crippen molar-refractivity contribution in [3.63, 3.8) is 0 Å². The standard InChI is InChI=1S/C27H26F3N5O5/c1-34-11-13-35(14-12-34)16-23(37)33-24-21(40-27(28,29)30)9-8-20(25(24)39-17-36)26(38)32-22-10-7-19(15-31-22)18-5-3-2-4-6-18/h2-10,15,17H,11-14,16H2,1H3,(H,33,37)(H,31,32,38). The summed E-state index contributed by atoms with van der Waals surface area (Å²) >= 11 is 0. The molecule has 0 atom stereocenters. The zero-order valence-electron chi connectivity index (χ0n) is 21.4. The van der Waals surface area contributed by atoms with Gasteiger partial charge in [-0.25, -0.2) is 4.98 Å². The number of anilines is 2. The molecular weight excluding hydrogens is 531 g/mol. The first-order valence-corrected chi connectivity index (χ1v) is 12.2. The highest BCUT2D eigenvalue weighted by molar-refractivity contribution is 6.09. The van der Waals surface area contributed by atoms with Gasteiger partial charge in [0.1, 0.15) is 11.5 Å². The molecule has 1 aliphatic rings. The number of aromatic nitrogens is 1. The summed E-state index contributed by atoms with van der Waals surface area (Å²) < 4.78 is 48.4. The largest absolute Gasteiger partial charge is 0.573 e. The average molecular weight is 558 g/mol. The molecule has 2 N–H and O–H groups in total. The SMILES string of the molecule is CN1CCN(CC(=O)Nc2c(OC(F)(F)F)ccc(C(=O)Nc3ccc(-c4ccccc4)cn3)c2OC=O)CC1. The van der Waals surface area contributed by atoms with Crippen LogP contribution < -0.4 is 20.1 Å². The van der Waals surface area contributed by atoms with Crippen LogP contribution >= 0.6 is 0 Å². The number of carbonyl (C=O) groups is 3. The summed E-state index contributed by atoms with van der Waals surface area (Å²) in [6.07, 6.45) is -3.58. The maximum atomic E-state index is 13.1. The van der Waals surface area contributed by atoms with E-state index in [-0.39, 0.29) is 24.4 Å². The van der Waals surface area contributed by atoms with Crippen LogP contribution in [0, 0.1) is 0 Å². The van der Waals surface area contributed by atoms with Crippen LogP contribution in [0.4, 0.5) is 24.7 Å². The number of carbonyl (C=O) groups excluding carboxylic acids is 3. The molecule has 0 spiro atoms. The van der Waals surface area contributed by atoms with E-state index in [0.717, 1.165) is 23.3 Å². The fourth-order valence-corrected chi connectivity index (χ4v) is 4.08. The molecule has 0 bridgehead atoms. The molecule has 2 amide bonds. The lowest BCUT2D eigenvalue weighted by atomic mass is 10.1. The Kier molecular flexibility index (Phi) is 8.97. The summed E-state index contributed by atoms with van der Waals surface area (Å²) in [4.78, 5) is 45.3. The lowest BCUT2D eigenvalue weighted by Crippen LogP contribution is -2.47. The monoisotopic (exact) mass is 557 g/mol. The van der Waals surface area contributed by atoms with Crippen molar-refractivity contribution in [2.24, 2.45) is 0 Å². The summed E-state index contributed by atoms with van der Waals surface area (Å²) in [6, 6.07) is 14.5. The molecule has 13 heteroatoms. The summed E-state index contributed by atoms with van der Waals surface area (Å²) in [5.74, 6) is -2.84. The number of benzene rings is 2. The van der Waals surface area contributed by atoms with Gasteiger partial charge in [-0.05, 0) is 36.9 Å². The topological polar surface area (TPSA) is 113 Å². The predicted octanol–water partition coefficient (Wildman–Crippen LogP) is 3.62. The number of hydrogen-bond donors (Lipinski definition) is 2. The summed E-state index contributed by atoms with van der Waals surface area (Å²) in [6.45, 7) is 2.38. The lowest BCUT2D eigenvalue weighted by molar-refractivity contribution is -0.274. The zero-order chi connectivity index (χ0) is 28.7. The van der Waals surface area contributed by atoms with Crippen molar-refractivity contribution in [1.29, 1.82) is 0 Å². The maximum absolute atomic E-state index is 13.1. The van der Waals surface area contributed by atoms with Crippen LogP contribution in [0.1, 0.15) is 10.4 Å². The van der Waals surface area contributed by atoms with Gasteiger partial charge in [-0.3, -0.25) is 19.3 Å². The molecule has 2 aromatic carbocycles. The van der Waals surface area contributed by atoms with Gasteiger partial charge in [0.2, 0.25) is 5.91 Å². The third kappa shape index (κ3) is 7.55. The highest BCUT2D eigenvalue weighted by Gasteiger charge is 2.34. The number of piperazine rings is 1. The highest BCUT2D eigenvalue weighted by Crippen LogP contribution is 2.40. The van der Waals surface area contributed by atoms with Crippen LogP contribution in [0.3, 0.4) is 0 Å². The number of pyridine rings is 1. The Labute approximate surface area is 227 Å². The first kappa shape index (κ1) is 28.5. The number of ether oxygens (including phenoxy) is 2. The minimum absolute atomic E-state index is 0.0630. The van der Waals surface area contributed by atoms with Crippen LogP contribution in [0.2, 0.25) is 0 Å². The number of halogens is 3. The number of hydrogen-bond acceptors (Lipinski definition) is 8. The molecular formula is C27H26F3N5O5. The fraction of sp³-hybridized carbons (Fsp3) is 0.259. The third-order valence-corrected chi connectivity index (χ3v) is 6.10. The fourth-order valence-electron chi connectivity index (χ4n) is 4.08. The molecule has 210 valence electrons. The molecule has 40 heavy (non-hydrogen) atoms. The molecule has 0 saturated carbocycles. The molecule has 10 nitrogen and oxygen atoms in total. The Bertz CT molecular complexity index is 1350. The first-order valence-electron chi connectivity index (χ1n) is 12.2. The van der Waals surface area contributed by atoms with Crippen molar-refractivity contribution < 1.29 is 37.0 Å². The van der Waals surface area contributed by atoms with E-state index in [1.807, 2.05) is 42.3 Å². The molecule has 4 rings (SSSR count). The molecule has 1 saturated heterocycles. The minimum Gasteiger partial charge on any atom is -0.426 e. The van der Waals surface area contributed by atoms with Crippen molar-refractivity contribution in [1.82, 2.24) is 14.8 Å². The predicted molar refractivity (Wildman–Crippen MR) is 140 cm³/mol. The molecule has 2 heterocycles. The Morgan fingerprint density at radius 3 is 2.33 bits per heavy atom. The van der Waals surface area contributed by atoms with Gasteiger partial charge in [-0.1, -0.05) is 30.3 Å². The van der Waals surface area contributed by atoms with Gasteiger partial charge < -0.3 is 25.0 Å². The van der Waals surface area contributed by atoms with Crippen molar-refractivity contribution in [2.75, 3.05) is 50.4 Å². The molecule has 3 aromatic rings. The molecule has 1 fully saturated rings. The Morgan fingerprint density at radius 2 is 1.70 bits per heavy atom. The van der Waals surface area contributed by atoms with E-state index in [1.165, 1.54) is 6.20 Å². The van der Waals surface area contributed by atoms with E-state index >= 15 is 0 Å². The zero-order valence-corrected chi connectivity index (χ0v) is 21.4. The Hall–Kier alpha value is -4.49. The number of nitrogens with zero attached hydrogens (tertiary/aromatic N) is 3. The van der Waals surface area contributed by atoms with Crippen LogP contribution in [0.15, 0.2) is 60.8 Å². The van der Waals surface area contributed by atoms with Crippen molar-refractivity contribution in [2.45, 2.75) is 6.36 Å². The van der Waals surface area contributed by atoms with Gasteiger partial charge in [-0.15, -0.1) is 13.2 Å². The third-order valence-electron chi connectivity index (χ3n) is 6.10. The molecule has 0 unspecified atom stereocenters. The maximum Gasteiger partial charge on any atom is 0.573 e. The number of alkyl halides is 3. The lowest BCUT2D eigenvalue weighted by Gasteiger charge is -2.31. The van der Waals surface area contributed by atoms with Gasteiger partial charge in [0.25, 0.3) is 12.4 Å². The molecule has 0 aliphatic carbocycles. The second kappa shape index (κ2) is 12.6. The number of rotatable bonds is 9. The normalized spacial score (nSPS) is 14.3. The summed E-state index contributed by atoms with van der Waals surface area (Å²) in [7, 11) is 1.94. The van der Waals surface area contributed by atoms with Gasteiger partial charge in [-0.2, -0.15) is 0 Å². The van der Waals surface area contributed by atoms with Gasteiger partial charge in [0, 0.05) is 37.9 Å². The quantitative estimate of drug-likeness (QED) is 0.384. The Balaban J connectivity index is 1.59. The van der Waals surface area contributed by atoms with Crippen molar-refractivity contribution in [3.8, 4) is 22.6 Å². The average Bonchev–Trinajstić information content (AvgIpc) is 2.92. The molecule has 1 aromatic heterocycles. The first-order chi connectivity index (χ1) is 19.1. The number of nitrogens with one attached hydrogen (secondary N) is 2. The van der Waals surface area contributed by atoms with Gasteiger partial charge in [0.05, 0.1) is 12.1 Å². The highest BCUT2D eigenvalue weighted by atomic mass is 19.4.